The van der Waals surface area contributed by atoms with Crippen LogP contribution in [0.5, 0.6) is 0 Å². The molecule has 0 bridgehead atoms. The van der Waals surface area contributed by atoms with E-state index in [1.54, 1.807) is 23.1 Å². The third-order valence-corrected chi connectivity index (χ3v) is 7.63. The number of nitrogens with zero attached hydrogens (tertiary/aromatic N) is 3. The molecule has 1 aliphatic heterocycles. The summed E-state index contributed by atoms with van der Waals surface area (Å²) in [7, 11) is 0. The van der Waals surface area contributed by atoms with Crippen LogP contribution in [-0.4, -0.2) is 60.9 Å². The number of aryl methyl sites for hydroxylation is 1. The number of aromatic nitrogens is 1. The molecule has 2 heterocycles. The van der Waals surface area contributed by atoms with Crippen LogP contribution in [-0.2, 0) is 11.2 Å². The lowest BCUT2D eigenvalue weighted by Gasteiger charge is -2.27. The molecule has 7 heteroatoms. The zero-order chi connectivity index (χ0) is 22.3. The van der Waals surface area contributed by atoms with Crippen LogP contribution in [0.2, 0.25) is 0 Å². The second-order valence-corrected chi connectivity index (χ2v) is 10.2. The number of carbonyl (C=O) groups is 1. The van der Waals surface area contributed by atoms with Crippen molar-refractivity contribution in [2.24, 2.45) is 0 Å². The number of morpholine rings is 1. The number of thioether (sulfide) groups is 1. The van der Waals surface area contributed by atoms with Crippen molar-refractivity contribution < 1.29 is 9.53 Å². The Morgan fingerprint density at radius 2 is 1.94 bits per heavy atom. The van der Waals surface area contributed by atoms with Gasteiger partial charge in [0.1, 0.15) is 0 Å². The van der Waals surface area contributed by atoms with Gasteiger partial charge in [0.2, 0.25) is 0 Å². The van der Waals surface area contributed by atoms with Gasteiger partial charge < -0.3 is 4.74 Å². The molecule has 1 saturated heterocycles. The summed E-state index contributed by atoms with van der Waals surface area (Å²) >= 11 is 3.40. The Kier molecular flexibility index (Phi) is 8.19. The van der Waals surface area contributed by atoms with Gasteiger partial charge in [0, 0.05) is 36.6 Å². The Morgan fingerprint density at radius 1 is 1.16 bits per heavy atom. The molecule has 0 saturated carbocycles. The topological polar surface area (TPSA) is 45.7 Å². The fraction of sp³-hybridized carbons (Fsp3) is 0.440. The first-order valence-corrected chi connectivity index (χ1v) is 13.2. The molecule has 0 radical (unpaired) electrons. The minimum atomic E-state index is 0.0230. The molecule has 0 N–H and O–H groups in total. The first kappa shape index (κ1) is 23.2. The van der Waals surface area contributed by atoms with E-state index in [4.69, 9.17) is 9.72 Å². The molecule has 1 aromatic heterocycles. The molecule has 1 fully saturated rings. The van der Waals surface area contributed by atoms with Crippen molar-refractivity contribution in [2.75, 3.05) is 50.0 Å². The van der Waals surface area contributed by atoms with Crippen LogP contribution in [0.15, 0.2) is 47.4 Å². The summed E-state index contributed by atoms with van der Waals surface area (Å²) in [5.74, 6) is 1.04. The Morgan fingerprint density at radius 3 is 2.66 bits per heavy atom. The average Bonchev–Trinajstić information content (AvgIpc) is 3.25. The summed E-state index contributed by atoms with van der Waals surface area (Å²) in [6, 6.07) is 14.4. The fourth-order valence-corrected chi connectivity index (χ4v) is 5.59. The quantitative estimate of drug-likeness (QED) is 0.396. The van der Waals surface area contributed by atoms with Gasteiger partial charge in [0.15, 0.2) is 5.13 Å². The molecule has 4 rings (SSSR count). The minimum Gasteiger partial charge on any atom is -0.379 e. The van der Waals surface area contributed by atoms with E-state index < -0.39 is 0 Å². The van der Waals surface area contributed by atoms with Gasteiger partial charge in [0.25, 0.3) is 5.91 Å². The van der Waals surface area contributed by atoms with Gasteiger partial charge in [-0.05, 0) is 60.6 Å². The highest BCUT2D eigenvalue weighted by Gasteiger charge is 2.22. The SMILES string of the molecule is CCSc1ccc(C(=O)N(CCCN2CCOCC2)c2nc3ccc(CC)cc3s2)cc1. The number of ether oxygens (including phenoxy) is 1. The standard InChI is InChI=1S/C25H31N3O2S2/c1-3-19-6-11-22-23(18-19)32-25(26-22)28(13-5-12-27-14-16-30-17-15-27)24(29)20-7-9-21(10-8-20)31-4-2/h6-11,18H,3-5,12-17H2,1-2H3. The molecule has 0 aliphatic carbocycles. The molecule has 0 unspecified atom stereocenters. The molecular weight excluding hydrogens is 438 g/mol. The maximum Gasteiger partial charge on any atom is 0.260 e. The predicted molar refractivity (Wildman–Crippen MR) is 135 cm³/mol. The second kappa shape index (κ2) is 11.3. The summed E-state index contributed by atoms with van der Waals surface area (Å²) in [6.07, 6.45) is 1.90. The van der Waals surface area contributed by atoms with Crippen LogP contribution in [0.25, 0.3) is 10.2 Å². The highest BCUT2D eigenvalue weighted by molar-refractivity contribution is 7.99. The van der Waals surface area contributed by atoms with E-state index in [1.807, 2.05) is 29.2 Å². The number of fused-ring (bicyclic) bond motifs is 1. The monoisotopic (exact) mass is 469 g/mol. The minimum absolute atomic E-state index is 0.0230. The zero-order valence-electron chi connectivity index (χ0n) is 18.9. The number of anilines is 1. The van der Waals surface area contributed by atoms with Crippen LogP contribution in [0, 0.1) is 0 Å². The third kappa shape index (κ3) is 5.70. The Bertz CT molecular complexity index is 1030. The third-order valence-electron chi connectivity index (χ3n) is 5.70. The fourth-order valence-electron chi connectivity index (χ4n) is 3.87. The normalized spacial score (nSPS) is 14.7. The maximum absolute atomic E-state index is 13.5. The van der Waals surface area contributed by atoms with E-state index in [2.05, 4.69) is 36.9 Å². The largest absolute Gasteiger partial charge is 0.379 e. The second-order valence-electron chi connectivity index (χ2n) is 7.87. The van der Waals surface area contributed by atoms with E-state index in [1.165, 1.54) is 10.5 Å². The van der Waals surface area contributed by atoms with E-state index in [-0.39, 0.29) is 5.91 Å². The molecule has 1 aliphatic rings. The Labute approximate surface area is 198 Å². The molecule has 1 amide bonds. The summed E-state index contributed by atoms with van der Waals surface area (Å²) in [4.78, 5) is 23.9. The highest BCUT2D eigenvalue weighted by atomic mass is 32.2. The van der Waals surface area contributed by atoms with E-state index in [9.17, 15) is 4.79 Å². The summed E-state index contributed by atoms with van der Waals surface area (Å²) in [5.41, 5.74) is 2.97. The first-order valence-electron chi connectivity index (χ1n) is 11.4. The number of hydrogen-bond donors (Lipinski definition) is 0. The molecule has 170 valence electrons. The van der Waals surface area contributed by atoms with Gasteiger partial charge in [-0.25, -0.2) is 4.98 Å². The lowest BCUT2D eigenvalue weighted by Crippen LogP contribution is -2.39. The van der Waals surface area contributed by atoms with Crippen LogP contribution >= 0.6 is 23.1 Å². The summed E-state index contributed by atoms with van der Waals surface area (Å²) in [6.45, 7) is 9.43. The molecule has 3 aromatic rings. The molecular formula is C25H31N3O2S2. The van der Waals surface area contributed by atoms with Crippen molar-refractivity contribution in [3.8, 4) is 0 Å². The maximum atomic E-state index is 13.5. The number of carbonyl (C=O) groups excluding carboxylic acids is 1. The van der Waals surface area contributed by atoms with Gasteiger partial charge in [0.05, 0.1) is 23.4 Å². The van der Waals surface area contributed by atoms with Crippen molar-refractivity contribution >= 4 is 44.4 Å². The van der Waals surface area contributed by atoms with Gasteiger partial charge >= 0.3 is 0 Å². The lowest BCUT2D eigenvalue weighted by atomic mass is 10.2. The lowest BCUT2D eigenvalue weighted by molar-refractivity contribution is 0.0376. The van der Waals surface area contributed by atoms with E-state index in [0.717, 1.165) is 66.8 Å². The number of rotatable bonds is 9. The number of benzene rings is 2. The van der Waals surface area contributed by atoms with Crippen LogP contribution < -0.4 is 4.90 Å². The molecule has 0 spiro atoms. The van der Waals surface area contributed by atoms with Gasteiger partial charge in [-0.15, -0.1) is 11.8 Å². The Balaban J connectivity index is 1.56. The van der Waals surface area contributed by atoms with Gasteiger partial charge in [-0.1, -0.05) is 31.3 Å². The number of thiazole rings is 1. The predicted octanol–water partition coefficient (Wildman–Crippen LogP) is 5.34. The smallest absolute Gasteiger partial charge is 0.260 e. The van der Waals surface area contributed by atoms with Gasteiger partial charge in [-0.3, -0.25) is 14.6 Å². The molecule has 32 heavy (non-hydrogen) atoms. The van der Waals surface area contributed by atoms with Gasteiger partial charge in [-0.2, -0.15) is 0 Å². The number of hydrogen-bond acceptors (Lipinski definition) is 6. The van der Waals surface area contributed by atoms with Crippen molar-refractivity contribution in [3.05, 3.63) is 53.6 Å². The van der Waals surface area contributed by atoms with Crippen LogP contribution in [0.3, 0.4) is 0 Å². The van der Waals surface area contributed by atoms with Crippen molar-refractivity contribution in [1.82, 2.24) is 9.88 Å². The van der Waals surface area contributed by atoms with Crippen LogP contribution in [0.1, 0.15) is 36.2 Å². The Hall–Kier alpha value is -1.93. The van der Waals surface area contributed by atoms with E-state index in [0.29, 0.717) is 12.1 Å². The van der Waals surface area contributed by atoms with Crippen molar-refractivity contribution in [1.29, 1.82) is 0 Å². The van der Waals surface area contributed by atoms with Crippen LogP contribution in [0.4, 0.5) is 5.13 Å². The highest BCUT2D eigenvalue weighted by Crippen LogP contribution is 2.31. The summed E-state index contributed by atoms with van der Waals surface area (Å²) in [5, 5.41) is 0.784. The summed E-state index contributed by atoms with van der Waals surface area (Å²) < 4.78 is 6.59. The van der Waals surface area contributed by atoms with Crippen molar-refractivity contribution in [3.63, 3.8) is 0 Å². The molecule has 5 nitrogen and oxygen atoms in total. The number of amides is 1. The molecule has 0 atom stereocenters. The molecule has 2 aromatic carbocycles. The zero-order valence-corrected chi connectivity index (χ0v) is 20.5. The average molecular weight is 470 g/mol. The van der Waals surface area contributed by atoms with E-state index >= 15 is 0 Å². The van der Waals surface area contributed by atoms with Crippen molar-refractivity contribution in [2.45, 2.75) is 31.6 Å². The first-order chi connectivity index (χ1) is 15.7.